The molecule has 2 nitrogen and oxygen atoms in total. The molecule has 1 aliphatic heterocycles. The molecule has 1 saturated heterocycles. The van der Waals surface area contributed by atoms with E-state index in [4.69, 9.17) is 4.74 Å². The minimum atomic E-state index is 0.390. The van der Waals surface area contributed by atoms with Gasteiger partial charge in [-0.1, -0.05) is 0 Å². The van der Waals surface area contributed by atoms with Crippen LogP contribution in [0.5, 0.6) is 0 Å². The molecule has 0 aromatic heterocycles. The second kappa shape index (κ2) is 5.55. The Hall–Kier alpha value is 0.270. The smallest absolute Gasteiger partial charge is 0.0608 e. The molecule has 0 spiro atoms. The molecule has 1 heterocycles. The van der Waals surface area contributed by atoms with E-state index in [0.29, 0.717) is 12.2 Å². The molecule has 0 radical (unpaired) electrons. The van der Waals surface area contributed by atoms with Crippen LogP contribution < -0.4 is 5.32 Å². The van der Waals surface area contributed by atoms with Crippen molar-refractivity contribution in [2.45, 2.75) is 63.8 Å². The van der Waals surface area contributed by atoms with Gasteiger partial charge in [-0.3, -0.25) is 0 Å². The molecule has 1 atom stereocenters. The van der Waals surface area contributed by atoms with Gasteiger partial charge in [0.15, 0.2) is 0 Å². The maximum Gasteiger partial charge on any atom is 0.0608 e. The van der Waals surface area contributed by atoms with E-state index in [9.17, 15) is 0 Å². The van der Waals surface area contributed by atoms with Crippen LogP contribution in [-0.2, 0) is 4.74 Å². The van der Waals surface area contributed by atoms with E-state index in [1.165, 1.54) is 37.2 Å². The molecule has 2 fully saturated rings. The molecular formula is C12H23NOS. The summed E-state index contributed by atoms with van der Waals surface area (Å²) in [5, 5.41) is 3.76. The van der Waals surface area contributed by atoms with Gasteiger partial charge in [-0.05, 0) is 45.3 Å². The Morgan fingerprint density at radius 3 is 2.67 bits per heavy atom. The van der Waals surface area contributed by atoms with Crippen LogP contribution in [-0.4, -0.2) is 35.8 Å². The van der Waals surface area contributed by atoms with E-state index in [0.717, 1.165) is 12.1 Å². The van der Waals surface area contributed by atoms with Crippen molar-refractivity contribution in [2.75, 3.05) is 11.5 Å². The van der Waals surface area contributed by atoms with Crippen LogP contribution in [0.3, 0.4) is 0 Å². The predicted octanol–water partition coefficient (Wildman–Crippen LogP) is 2.43. The van der Waals surface area contributed by atoms with E-state index < -0.39 is 0 Å². The Balaban J connectivity index is 1.58. The highest BCUT2D eigenvalue weighted by Gasteiger charge is 2.32. The van der Waals surface area contributed by atoms with Crippen molar-refractivity contribution in [3.05, 3.63) is 0 Å². The Morgan fingerprint density at radius 1 is 1.27 bits per heavy atom. The van der Waals surface area contributed by atoms with Crippen molar-refractivity contribution in [1.29, 1.82) is 0 Å². The van der Waals surface area contributed by atoms with Gasteiger partial charge in [0, 0.05) is 17.8 Å². The molecule has 15 heavy (non-hydrogen) atoms. The molecule has 1 aliphatic carbocycles. The van der Waals surface area contributed by atoms with Crippen LogP contribution in [0.15, 0.2) is 0 Å². The third-order valence-corrected chi connectivity index (χ3v) is 4.41. The lowest BCUT2D eigenvalue weighted by atomic mass is 9.88. The van der Waals surface area contributed by atoms with Gasteiger partial charge in [0.1, 0.15) is 0 Å². The summed E-state index contributed by atoms with van der Waals surface area (Å²) in [5.41, 5.74) is 0. The molecule has 2 rings (SSSR count). The van der Waals surface area contributed by atoms with Gasteiger partial charge in [0.05, 0.1) is 12.2 Å². The molecule has 88 valence electrons. The van der Waals surface area contributed by atoms with Crippen molar-refractivity contribution in [3.8, 4) is 0 Å². The molecule has 3 heteroatoms. The maximum absolute atomic E-state index is 5.76. The average Bonchev–Trinajstić information content (AvgIpc) is 2.15. The summed E-state index contributed by atoms with van der Waals surface area (Å²) < 4.78 is 5.76. The quantitative estimate of drug-likeness (QED) is 0.800. The summed E-state index contributed by atoms with van der Waals surface area (Å²) >= 11 is 2.10. The Labute approximate surface area is 97.5 Å². The number of hydrogen-bond acceptors (Lipinski definition) is 3. The number of thioether (sulfide) groups is 1. The molecule has 0 bridgehead atoms. The van der Waals surface area contributed by atoms with Crippen LogP contribution >= 0.6 is 11.8 Å². The van der Waals surface area contributed by atoms with E-state index in [-0.39, 0.29) is 0 Å². The van der Waals surface area contributed by atoms with Crippen molar-refractivity contribution >= 4 is 11.8 Å². The van der Waals surface area contributed by atoms with E-state index >= 15 is 0 Å². The van der Waals surface area contributed by atoms with Crippen LogP contribution in [0.2, 0.25) is 0 Å². The first-order chi connectivity index (χ1) is 7.24. The molecule has 2 aliphatic rings. The van der Waals surface area contributed by atoms with E-state index in [2.05, 4.69) is 30.9 Å². The topological polar surface area (TPSA) is 21.3 Å². The minimum absolute atomic E-state index is 0.390. The van der Waals surface area contributed by atoms with Gasteiger partial charge in [0.2, 0.25) is 0 Å². The number of hydrogen-bond donors (Lipinski definition) is 1. The molecule has 0 aromatic rings. The normalized spacial score (nSPS) is 36.6. The van der Waals surface area contributed by atoms with Crippen molar-refractivity contribution in [2.24, 2.45) is 0 Å². The fourth-order valence-corrected chi connectivity index (χ4v) is 3.49. The van der Waals surface area contributed by atoms with Crippen LogP contribution in [0, 0.1) is 0 Å². The third-order valence-electron chi connectivity index (χ3n) is 3.19. The monoisotopic (exact) mass is 229 g/mol. The number of ether oxygens (including phenoxy) is 1. The first kappa shape index (κ1) is 11.7. The summed E-state index contributed by atoms with van der Waals surface area (Å²) in [6.45, 7) is 4.25. The predicted molar refractivity (Wildman–Crippen MR) is 66.5 cm³/mol. The van der Waals surface area contributed by atoms with E-state index in [1.54, 1.807) is 0 Å². The zero-order chi connectivity index (χ0) is 10.7. The molecule has 1 saturated carbocycles. The first-order valence-electron chi connectivity index (χ1n) is 6.23. The molecule has 1 unspecified atom stereocenters. The number of nitrogens with one attached hydrogen (secondary N) is 1. The molecular weight excluding hydrogens is 206 g/mol. The highest BCUT2D eigenvalue weighted by molar-refractivity contribution is 7.99. The Morgan fingerprint density at radius 2 is 2.07 bits per heavy atom. The lowest BCUT2D eigenvalue weighted by molar-refractivity contribution is -0.0512. The minimum Gasteiger partial charge on any atom is -0.375 e. The third kappa shape index (κ3) is 3.65. The summed E-state index contributed by atoms with van der Waals surface area (Å²) in [6, 6.07) is 1.51. The molecule has 1 N–H and O–H groups in total. The number of rotatable bonds is 4. The van der Waals surface area contributed by atoms with Gasteiger partial charge in [-0.2, -0.15) is 11.8 Å². The van der Waals surface area contributed by atoms with Gasteiger partial charge >= 0.3 is 0 Å². The summed E-state index contributed by atoms with van der Waals surface area (Å²) in [5.74, 6) is 2.67. The van der Waals surface area contributed by atoms with Crippen molar-refractivity contribution in [3.63, 3.8) is 0 Å². The maximum atomic E-state index is 5.76. The fraction of sp³-hybridized carbons (Fsp3) is 1.00. The average molecular weight is 229 g/mol. The largest absolute Gasteiger partial charge is 0.375 e. The first-order valence-corrected chi connectivity index (χ1v) is 7.38. The fourth-order valence-electron chi connectivity index (χ4n) is 2.40. The Bertz CT molecular complexity index is 186. The van der Waals surface area contributed by atoms with Crippen molar-refractivity contribution < 1.29 is 4.74 Å². The summed E-state index contributed by atoms with van der Waals surface area (Å²) in [4.78, 5) is 0. The van der Waals surface area contributed by atoms with E-state index in [1.807, 2.05) is 0 Å². The van der Waals surface area contributed by atoms with Crippen LogP contribution in [0.4, 0.5) is 0 Å². The van der Waals surface area contributed by atoms with Crippen molar-refractivity contribution in [1.82, 2.24) is 5.32 Å². The van der Waals surface area contributed by atoms with Gasteiger partial charge in [0.25, 0.3) is 0 Å². The zero-order valence-corrected chi connectivity index (χ0v) is 10.7. The van der Waals surface area contributed by atoms with Gasteiger partial charge < -0.3 is 10.1 Å². The van der Waals surface area contributed by atoms with Gasteiger partial charge in [-0.25, -0.2) is 0 Å². The summed E-state index contributed by atoms with van der Waals surface area (Å²) in [6.07, 6.45) is 6.12. The second-order valence-electron chi connectivity index (χ2n) is 5.06. The lowest BCUT2D eigenvalue weighted by Gasteiger charge is -2.39. The highest BCUT2D eigenvalue weighted by Crippen LogP contribution is 2.27. The second-order valence-corrected chi connectivity index (χ2v) is 6.21. The van der Waals surface area contributed by atoms with Crippen LogP contribution in [0.1, 0.15) is 39.5 Å². The SMILES string of the molecule is CC(C)OC1CC(NC2CCCSC2)C1. The Kier molecular flexibility index (Phi) is 4.35. The van der Waals surface area contributed by atoms with Gasteiger partial charge in [-0.15, -0.1) is 0 Å². The molecule has 0 aromatic carbocycles. The molecule has 0 amide bonds. The highest BCUT2D eigenvalue weighted by atomic mass is 32.2. The lowest BCUT2D eigenvalue weighted by Crippen LogP contribution is -2.51. The van der Waals surface area contributed by atoms with Crippen LogP contribution in [0.25, 0.3) is 0 Å². The standard InChI is InChI=1S/C12H23NOS/c1-9(2)14-12-6-11(7-12)13-10-4-3-5-15-8-10/h9-13H,3-8H2,1-2H3. The summed E-state index contributed by atoms with van der Waals surface area (Å²) in [7, 11) is 0. The zero-order valence-electron chi connectivity index (χ0n) is 9.87.